The fourth-order valence-electron chi connectivity index (χ4n) is 1.83. The maximum atomic E-state index is 12.7. The molecule has 0 saturated heterocycles. The molecule has 1 unspecified atom stereocenters. The average molecular weight is 322 g/mol. The molecule has 0 heterocycles. The van der Waals surface area contributed by atoms with Crippen molar-refractivity contribution < 1.29 is 18.5 Å². The van der Waals surface area contributed by atoms with Crippen molar-refractivity contribution in [1.82, 2.24) is 0 Å². The number of ether oxygens (including phenoxy) is 2. The molecule has 22 heavy (non-hydrogen) atoms. The Morgan fingerprint density at radius 2 is 1.95 bits per heavy atom. The predicted octanol–water partition coefficient (Wildman–Crippen LogP) is 3.49. The zero-order valence-corrected chi connectivity index (χ0v) is 14.2. The summed E-state index contributed by atoms with van der Waals surface area (Å²) in [4.78, 5) is 12.5. The second kappa shape index (κ2) is 9.20. The number of carbonyl (C=O) groups excluding carboxylic acids is 1. The van der Waals surface area contributed by atoms with Gasteiger partial charge in [-0.15, -0.1) is 0 Å². The van der Waals surface area contributed by atoms with Crippen LogP contribution in [0.4, 0.5) is 0 Å². The first-order chi connectivity index (χ1) is 10.5. The number of benzene rings is 1. The number of aryl methyl sites for hydroxylation is 1. The molecule has 0 aliphatic carbocycles. The molecule has 1 rings (SSSR count). The number of rotatable bonds is 7. The van der Waals surface area contributed by atoms with E-state index in [0.717, 1.165) is 10.5 Å². The molecule has 0 N–H and O–H groups in total. The number of hydrogen-bond donors (Lipinski definition) is 0. The fourth-order valence-corrected chi connectivity index (χ4v) is 3.16. The largest absolute Gasteiger partial charge is 0.492 e. The lowest BCUT2D eigenvalue weighted by Gasteiger charge is -2.18. The van der Waals surface area contributed by atoms with Gasteiger partial charge in [0.2, 0.25) is 0 Å². The summed E-state index contributed by atoms with van der Waals surface area (Å²) in [6, 6.07) is 7.57. The summed E-state index contributed by atoms with van der Waals surface area (Å²) in [5, 5.41) is 0. The molecule has 4 nitrogen and oxygen atoms in total. The molecule has 120 valence electrons. The van der Waals surface area contributed by atoms with E-state index in [2.05, 4.69) is 4.74 Å². The molecule has 0 radical (unpaired) electrons. The van der Waals surface area contributed by atoms with Crippen molar-refractivity contribution in [2.45, 2.75) is 38.2 Å². The van der Waals surface area contributed by atoms with Gasteiger partial charge in [-0.2, -0.15) is 0 Å². The van der Waals surface area contributed by atoms with E-state index in [9.17, 15) is 9.00 Å². The van der Waals surface area contributed by atoms with E-state index in [4.69, 9.17) is 4.74 Å². The fraction of sp³-hybridized carbons (Fsp3) is 0.353. The standard InChI is InChI=1S/C17H22O4S/c1-5-15(21-12-11-17(18)20-4)16(6-2)22(19)14-9-7-13(3)8-10-14/h6-12,15H,5H2,1-4H3/b12-11+,16-6+/t15-,22?/m0/s1. The average Bonchev–Trinajstić information content (AvgIpc) is 2.54. The molecule has 0 spiro atoms. The molecule has 0 aromatic heterocycles. The second-order valence-corrected chi connectivity index (χ2v) is 6.11. The van der Waals surface area contributed by atoms with Gasteiger partial charge in [0.15, 0.2) is 0 Å². The van der Waals surface area contributed by atoms with E-state index < -0.39 is 16.8 Å². The van der Waals surface area contributed by atoms with Crippen LogP contribution in [0.2, 0.25) is 0 Å². The third kappa shape index (κ3) is 5.15. The van der Waals surface area contributed by atoms with Gasteiger partial charge < -0.3 is 9.47 Å². The van der Waals surface area contributed by atoms with E-state index in [1.807, 2.05) is 45.0 Å². The Hall–Kier alpha value is -1.88. The second-order valence-electron chi connectivity index (χ2n) is 4.63. The van der Waals surface area contributed by atoms with E-state index in [1.54, 1.807) is 6.08 Å². The molecule has 0 amide bonds. The van der Waals surface area contributed by atoms with E-state index in [1.165, 1.54) is 19.4 Å². The minimum absolute atomic E-state index is 0.354. The highest BCUT2D eigenvalue weighted by Crippen LogP contribution is 2.22. The first-order valence-corrected chi connectivity index (χ1v) is 8.23. The number of methoxy groups -OCH3 is 1. The molecule has 1 aromatic carbocycles. The van der Waals surface area contributed by atoms with Crippen molar-refractivity contribution >= 4 is 16.8 Å². The first kappa shape index (κ1) is 18.2. The van der Waals surface area contributed by atoms with Crippen LogP contribution >= 0.6 is 0 Å². The summed E-state index contributed by atoms with van der Waals surface area (Å²) < 4.78 is 22.7. The normalized spacial score (nSPS) is 14.6. The van der Waals surface area contributed by atoms with Gasteiger partial charge in [-0.05, 0) is 32.4 Å². The molecule has 0 fully saturated rings. The van der Waals surface area contributed by atoms with Gasteiger partial charge in [0.1, 0.15) is 6.10 Å². The first-order valence-electron chi connectivity index (χ1n) is 7.08. The van der Waals surface area contributed by atoms with Crippen molar-refractivity contribution in [2.24, 2.45) is 0 Å². The summed E-state index contributed by atoms with van der Waals surface area (Å²) in [5.41, 5.74) is 1.12. The summed E-state index contributed by atoms with van der Waals surface area (Å²) in [6.07, 6.45) is 4.58. The quantitative estimate of drug-likeness (QED) is 0.438. The summed E-state index contributed by atoms with van der Waals surface area (Å²) >= 11 is 0. The highest BCUT2D eigenvalue weighted by atomic mass is 32.2. The third-order valence-electron chi connectivity index (χ3n) is 3.07. The Balaban J connectivity index is 2.87. The lowest BCUT2D eigenvalue weighted by Crippen LogP contribution is -2.16. The van der Waals surface area contributed by atoms with Gasteiger partial charge in [-0.3, -0.25) is 0 Å². The molecule has 0 aliphatic rings. The van der Waals surface area contributed by atoms with Crippen molar-refractivity contribution in [2.75, 3.05) is 7.11 Å². The monoisotopic (exact) mass is 322 g/mol. The van der Waals surface area contributed by atoms with Crippen LogP contribution in [0.25, 0.3) is 0 Å². The maximum Gasteiger partial charge on any atom is 0.333 e. The topological polar surface area (TPSA) is 52.6 Å². The molecule has 0 aliphatic heterocycles. The molecule has 2 atom stereocenters. The summed E-state index contributed by atoms with van der Waals surface area (Å²) in [5.74, 6) is -0.489. The van der Waals surface area contributed by atoms with Crippen molar-refractivity contribution in [3.63, 3.8) is 0 Å². The Morgan fingerprint density at radius 1 is 1.32 bits per heavy atom. The number of carbonyl (C=O) groups is 1. The Morgan fingerprint density at radius 3 is 2.45 bits per heavy atom. The zero-order valence-electron chi connectivity index (χ0n) is 13.4. The zero-order chi connectivity index (χ0) is 16.5. The van der Waals surface area contributed by atoms with Crippen LogP contribution in [0.5, 0.6) is 0 Å². The van der Waals surface area contributed by atoms with Gasteiger partial charge >= 0.3 is 5.97 Å². The SMILES string of the molecule is C/C=C(\[C@H](CC)O/C=C/C(=O)OC)S(=O)c1ccc(C)cc1. The van der Waals surface area contributed by atoms with Crippen LogP contribution in [0.15, 0.2) is 52.5 Å². The van der Waals surface area contributed by atoms with Crippen molar-refractivity contribution in [3.8, 4) is 0 Å². The van der Waals surface area contributed by atoms with E-state index in [0.29, 0.717) is 11.3 Å². The van der Waals surface area contributed by atoms with E-state index in [-0.39, 0.29) is 6.10 Å². The number of hydrogen-bond acceptors (Lipinski definition) is 4. The van der Waals surface area contributed by atoms with E-state index >= 15 is 0 Å². The van der Waals surface area contributed by atoms with Gasteiger partial charge in [0.05, 0.1) is 35.2 Å². The third-order valence-corrected chi connectivity index (χ3v) is 4.70. The molecule has 0 saturated carbocycles. The molecule has 1 aromatic rings. The van der Waals surface area contributed by atoms with Crippen molar-refractivity contribution in [3.05, 3.63) is 53.1 Å². The maximum absolute atomic E-state index is 12.7. The van der Waals surface area contributed by atoms with Crippen molar-refractivity contribution in [1.29, 1.82) is 0 Å². The van der Waals surface area contributed by atoms with Crippen LogP contribution in [-0.4, -0.2) is 23.4 Å². The molecular weight excluding hydrogens is 300 g/mol. The lowest BCUT2D eigenvalue weighted by molar-refractivity contribution is -0.135. The highest BCUT2D eigenvalue weighted by molar-refractivity contribution is 7.89. The summed E-state index contributed by atoms with van der Waals surface area (Å²) in [6.45, 7) is 5.75. The van der Waals surface area contributed by atoms with Gasteiger partial charge in [-0.25, -0.2) is 9.00 Å². The minimum Gasteiger partial charge on any atom is -0.492 e. The molecule has 0 bridgehead atoms. The van der Waals surface area contributed by atoms with Gasteiger partial charge in [0.25, 0.3) is 0 Å². The number of allylic oxidation sites excluding steroid dienone is 1. The van der Waals surface area contributed by atoms with Crippen LogP contribution < -0.4 is 0 Å². The Labute approximate surface area is 134 Å². The predicted molar refractivity (Wildman–Crippen MR) is 87.7 cm³/mol. The van der Waals surface area contributed by atoms with Gasteiger partial charge in [-0.1, -0.05) is 30.7 Å². The van der Waals surface area contributed by atoms with Crippen LogP contribution in [-0.2, 0) is 25.1 Å². The smallest absolute Gasteiger partial charge is 0.333 e. The van der Waals surface area contributed by atoms with Crippen LogP contribution in [0.3, 0.4) is 0 Å². The lowest BCUT2D eigenvalue weighted by atomic mass is 10.2. The summed E-state index contributed by atoms with van der Waals surface area (Å²) in [7, 11) is 0.0100. The van der Waals surface area contributed by atoms with Gasteiger partial charge in [0, 0.05) is 4.90 Å². The molecule has 5 heteroatoms. The minimum atomic E-state index is -1.29. The number of esters is 1. The Kier molecular flexibility index (Phi) is 7.60. The highest BCUT2D eigenvalue weighted by Gasteiger charge is 2.19. The Bertz CT molecular complexity index is 573. The van der Waals surface area contributed by atoms with Crippen LogP contribution in [0, 0.1) is 6.92 Å². The van der Waals surface area contributed by atoms with Crippen LogP contribution in [0.1, 0.15) is 25.8 Å². The molecular formula is C17H22O4S.